The van der Waals surface area contributed by atoms with Gasteiger partial charge in [0.15, 0.2) is 11.3 Å². The van der Waals surface area contributed by atoms with Crippen molar-refractivity contribution in [1.82, 2.24) is 4.98 Å². The van der Waals surface area contributed by atoms with Crippen molar-refractivity contribution in [1.29, 1.82) is 0 Å². The molecule has 114 valence electrons. The third-order valence-corrected chi connectivity index (χ3v) is 3.64. The van der Waals surface area contributed by atoms with E-state index in [0.29, 0.717) is 5.69 Å². The fourth-order valence-electron chi connectivity index (χ4n) is 1.51. The summed E-state index contributed by atoms with van der Waals surface area (Å²) < 4.78 is 5.02. The lowest BCUT2D eigenvalue weighted by molar-refractivity contribution is -0.148. The molecular weight excluding hydrogens is 324 g/mol. The van der Waals surface area contributed by atoms with E-state index in [1.807, 2.05) is 16.8 Å². The van der Waals surface area contributed by atoms with Crippen molar-refractivity contribution in [3.05, 3.63) is 51.9 Å². The standard InChI is InChI=1S/C15H13ClN2O3S/c1-10(15(20)18-12-3-2-7-17-14(12)16)21-13(19)5-4-11-6-8-22-9-11/h2-10H,1H3,(H,18,20)/b5-4+/t10-/m0/s1. The number of nitrogens with one attached hydrogen (secondary N) is 1. The Morgan fingerprint density at radius 3 is 2.95 bits per heavy atom. The smallest absolute Gasteiger partial charge is 0.331 e. The number of carbonyl (C=O) groups excluding carboxylic acids is 2. The Morgan fingerprint density at radius 2 is 2.27 bits per heavy atom. The highest BCUT2D eigenvalue weighted by Gasteiger charge is 2.17. The van der Waals surface area contributed by atoms with Crippen LogP contribution in [-0.4, -0.2) is 23.0 Å². The number of anilines is 1. The Kier molecular flexibility index (Phi) is 5.68. The van der Waals surface area contributed by atoms with Gasteiger partial charge >= 0.3 is 5.97 Å². The van der Waals surface area contributed by atoms with Gasteiger partial charge in [0.2, 0.25) is 0 Å². The first kappa shape index (κ1) is 16.2. The molecule has 2 aromatic rings. The predicted molar refractivity (Wildman–Crippen MR) is 86.8 cm³/mol. The van der Waals surface area contributed by atoms with Crippen molar-refractivity contribution in [3.63, 3.8) is 0 Å². The van der Waals surface area contributed by atoms with Crippen LogP contribution in [0.25, 0.3) is 6.08 Å². The molecule has 0 saturated carbocycles. The molecule has 2 aromatic heterocycles. The molecule has 0 aromatic carbocycles. The zero-order chi connectivity index (χ0) is 15.9. The number of hydrogen-bond acceptors (Lipinski definition) is 5. The molecule has 1 N–H and O–H groups in total. The number of amides is 1. The van der Waals surface area contributed by atoms with Gasteiger partial charge in [0.1, 0.15) is 0 Å². The second-order valence-corrected chi connectivity index (χ2v) is 5.44. The largest absolute Gasteiger partial charge is 0.449 e. The van der Waals surface area contributed by atoms with Crippen LogP contribution in [0.5, 0.6) is 0 Å². The van der Waals surface area contributed by atoms with Gasteiger partial charge in [0.05, 0.1) is 5.69 Å². The molecule has 5 nitrogen and oxygen atoms in total. The molecule has 0 saturated heterocycles. The van der Waals surface area contributed by atoms with Crippen LogP contribution in [0.15, 0.2) is 41.2 Å². The zero-order valence-corrected chi connectivity index (χ0v) is 13.2. The maximum Gasteiger partial charge on any atom is 0.331 e. The minimum atomic E-state index is -0.948. The van der Waals surface area contributed by atoms with Crippen molar-refractivity contribution in [3.8, 4) is 0 Å². The normalized spacial score (nSPS) is 12.1. The Labute approximate surface area is 136 Å². The molecule has 0 fully saturated rings. The van der Waals surface area contributed by atoms with E-state index in [4.69, 9.17) is 16.3 Å². The molecule has 0 radical (unpaired) electrons. The third kappa shape index (κ3) is 4.68. The number of esters is 1. The Morgan fingerprint density at radius 1 is 1.45 bits per heavy atom. The number of nitrogens with zero attached hydrogens (tertiary/aromatic N) is 1. The number of carbonyl (C=O) groups is 2. The molecule has 1 atom stereocenters. The Balaban J connectivity index is 1.88. The summed E-state index contributed by atoms with van der Waals surface area (Å²) in [5.41, 5.74) is 1.27. The third-order valence-electron chi connectivity index (χ3n) is 2.63. The second kappa shape index (κ2) is 7.72. The number of rotatable bonds is 5. The summed E-state index contributed by atoms with van der Waals surface area (Å²) in [4.78, 5) is 27.4. The maximum atomic E-state index is 11.9. The van der Waals surface area contributed by atoms with Crippen LogP contribution in [0.2, 0.25) is 5.15 Å². The van der Waals surface area contributed by atoms with Crippen LogP contribution >= 0.6 is 22.9 Å². The number of ether oxygens (including phenoxy) is 1. The van der Waals surface area contributed by atoms with E-state index in [0.717, 1.165) is 5.56 Å². The van der Waals surface area contributed by atoms with E-state index in [1.54, 1.807) is 18.2 Å². The molecule has 0 aliphatic rings. The van der Waals surface area contributed by atoms with Gasteiger partial charge in [0.25, 0.3) is 5.91 Å². The summed E-state index contributed by atoms with van der Waals surface area (Å²) in [5.74, 6) is -1.07. The van der Waals surface area contributed by atoms with E-state index < -0.39 is 18.0 Å². The summed E-state index contributed by atoms with van der Waals surface area (Å²) in [7, 11) is 0. The second-order valence-electron chi connectivity index (χ2n) is 4.30. The SMILES string of the molecule is C[C@H](OC(=O)/C=C/c1ccsc1)C(=O)Nc1cccnc1Cl. The first-order valence-electron chi connectivity index (χ1n) is 6.38. The van der Waals surface area contributed by atoms with Gasteiger partial charge in [0, 0.05) is 12.3 Å². The minimum absolute atomic E-state index is 0.173. The molecule has 0 aliphatic heterocycles. The summed E-state index contributed by atoms with van der Waals surface area (Å²) in [6, 6.07) is 5.12. The van der Waals surface area contributed by atoms with Gasteiger partial charge in [-0.2, -0.15) is 11.3 Å². The molecule has 2 rings (SSSR count). The fraction of sp³-hybridized carbons (Fsp3) is 0.133. The molecule has 1 amide bonds. The van der Waals surface area contributed by atoms with Gasteiger partial charge < -0.3 is 10.1 Å². The summed E-state index contributed by atoms with van der Waals surface area (Å²) in [6.45, 7) is 1.48. The topological polar surface area (TPSA) is 68.3 Å². The minimum Gasteiger partial charge on any atom is -0.449 e. The molecule has 0 aliphatic carbocycles. The van der Waals surface area contributed by atoms with Crippen molar-refractivity contribution in [2.45, 2.75) is 13.0 Å². The van der Waals surface area contributed by atoms with Crippen LogP contribution in [0.3, 0.4) is 0 Å². The number of thiophene rings is 1. The molecule has 0 spiro atoms. The number of pyridine rings is 1. The van der Waals surface area contributed by atoms with E-state index in [9.17, 15) is 9.59 Å². The predicted octanol–water partition coefficient (Wildman–Crippen LogP) is 3.38. The molecule has 7 heteroatoms. The monoisotopic (exact) mass is 336 g/mol. The number of hydrogen-bond donors (Lipinski definition) is 1. The summed E-state index contributed by atoms with van der Waals surface area (Å²) in [6.07, 6.45) is 3.47. The van der Waals surface area contributed by atoms with Gasteiger partial charge in [-0.3, -0.25) is 4.79 Å². The molecule has 2 heterocycles. The summed E-state index contributed by atoms with van der Waals surface area (Å²) in [5, 5.41) is 6.52. The van der Waals surface area contributed by atoms with Gasteiger partial charge in [-0.25, -0.2) is 9.78 Å². The number of halogens is 1. The molecule has 0 unspecified atom stereocenters. The highest BCUT2D eigenvalue weighted by atomic mass is 35.5. The van der Waals surface area contributed by atoms with Crippen molar-refractivity contribution in [2.24, 2.45) is 0 Å². The molecular formula is C15H13ClN2O3S. The highest BCUT2D eigenvalue weighted by Crippen LogP contribution is 2.17. The van der Waals surface area contributed by atoms with Crippen molar-refractivity contribution >= 4 is 46.6 Å². The Bertz CT molecular complexity index is 686. The van der Waals surface area contributed by atoms with Gasteiger partial charge in [-0.15, -0.1) is 0 Å². The summed E-state index contributed by atoms with van der Waals surface area (Å²) >= 11 is 7.37. The highest BCUT2D eigenvalue weighted by molar-refractivity contribution is 7.08. The lowest BCUT2D eigenvalue weighted by Gasteiger charge is -2.12. The average Bonchev–Trinajstić information content (AvgIpc) is 3.00. The first-order valence-corrected chi connectivity index (χ1v) is 7.70. The van der Waals surface area contributed by atoms with E-state index in [1.165, 1.54) is 30.5 Å². The molecule has 0 bridgehead atoms. The molecule has 22 heavy (non-hydrogen) atoms. The van der Waals surface area contributed by atoms with Crippen molar-refractivity contribution < 1.29 is 14.3 Å². The van der Waals surface area contributed by atoms with Crippen LogP contribution in [-0.2, 0) is 14.3 Å². The van der Waals surface area contributed by atoms with Crippen molar-refractivity contribution in [2.75, 3.05) is 5.32 Å². The quantitative estimate of drug-likeness (QED) is 0.516. The first-order chi connectivity index (χ1) is 10.6. The number of aromatic nitrogens is 1. The zero-order valence-electron chi connectivity index (χ0n) is 11.7. The Hall–Kier alpha value is -2.18. The fourth-order valence-corrected chi connectivity index (χ4v) is 2.31. The average molecular weight is 337 g/mol. The van der Waals surface area contributed by atoms with E-state index >= 15 is 0 Å². The lowest BCUT2D eigenvalue weighted by Crippen LogP contribution is -2.29. The van der Waals surface area contributed by atoms with E-state index in [-0.39, 0.29) is 5.15 Å². The van der Waals surface area contributed by atoms with Crippen LogP contribution in [0.4, 0.5) is 5.69 Å². The lowest BCUT2D eigenvalue weighted by atomic mass is 10.3. The van der Waals surface area contributed by atoms with E-state index in [2.05, 4.69) is 10.3 Å². The van der Waals surface area contributed by atoms with Crippen LogP contribution < -0.4 is 5.32 Å². The maximum absolute atomic E-state index is 11.9. The van der Waals surface area contributed by atoms with Crippen LogP contribution in [0.1, 0.15) is 12.5 Å². The van der Waals surface area contributed by atoms with Gasteiger partial charge in [-0.1, -0.05) is 11.6 Å². The van der Waals surface area contributed by atoms with Gasteiger partial charge in [-0.05, 0) is 47.5 Å². The van der Waals surface area contributed by atoms with Crippen LogP contribution in [0, 0.1) is 0 Å².